The highest BCUT2D eigenvalue weighted by Gasteiger charge is 2.03. The Morgan fingerprint density at radius 2 is 2.12 bits per heavy atom. The third kappa shape index (κ3) is 4.59. The zero-order valence-corrected chi connectivity index (χ0v) is 9.41. The van der Waals surface area contributed by atoms with Gasteiger partial charge in [0.15, 0.2) is 0 Å². The molecule has 1 atom stereocenters. The fraction of sp³-hybridized carbons (Fsp3) is 0.500. The number of phenolic OH excluding ortho intramolecular Hbond substituents is 1. The Labute approximate surface area is 94.9 Å². The molecule has 0 aromatic heterocycles. The standard InChI is InChI=1S/C12H18FNO2/c1-9(3-2-4-15)14-8-10-5-11(13)7-12(16)6-10/h5-7,9,14-16H,2-4,8H2,1H3. The quantitative estimate of drug-likeness (QED) is 0.694. The molecule has 1 aromatic carbocycles. The van der Waals surface area contributed by atoms with E-state index in [4.69, 9.17) is 5.11 Å². The molecule has 0 radical (unpaired) electrons. The van der Waals surface area contributed by atoms with Crippen molar-refractivity contribution in [2.45, 2.75) is 32.4 Å². The van der Waals surface area contributed by atoms with Crippen molar-refractivity contribution >= 4 is 0 Å². The van der Waals surface area contributed by atoms with Crippen LogP contribution in [-0.4, -0.2) is 22.9 Å². The molecule has 0 aliphatic heterocycles. The lowest BCUT2D eigenvalue weighted by Gasteiger charge is -2.13. The second-order valence-corrected chi connectivity index (χ2v) is 3.97. The summed E-state index contributed by atoms with van der Waals surface area (Å²) >= 11 is 0. The number of hydrogen-bond acceptors (Lipinski definition) is 3. The highest BCUT2D eigenvalue weighted by molar-refractivity contribution is 5.28. The SMILES string of the molecule is CC(CCCO)NCc1cc(O)cc(F)c1. The van der Waals surface area contributed by atoms with E-state index in [2.05, 4.69) is 5.32 Å². The molecule has 16 heavy (non-hydrogen) atoms. The van der Waals surface area contributed by atoms with Gasteiger partial charge in [0.05, 0.1) is 0 Å². The van der Waals surface area contributed by atoms with Crippen LogP contribution >= 0.6 is 0 Å². The molecule has 3 N–H and O–H groups in total. The molecule has 0 aliphatic carbocycles. The summed E-state index contributed by atoms with van der Waals surface area (Å²) in [6, 6.07) is 4.27. The second kappa shape index (κ2) is 6.45. The van der Waals surface area contributed by atoms with Crippen LogP contribution in [0.2, 0.25) is 0 Å². The number of aliphatic hydroxyl groups is 1. The number of hydrogen-bond donors (Lipinski definition) is 3. The normalized spacial score (nSPS) is 12.7. The first-order valence-electron chi connectivity index (χ1n) is 5.44. The molecular formula is C12H18FNO2. The van der Waals surface area contributed by atoms with Crippen LogP contribution < -0.4 is 5.32 Å². The number of halogens is 1. The maximum atomic E-state index is 12.9. The highest BCUT2D eigenvalue weighted by Crippen LogP contribution is 2.14. The summed E-state index contributed by atoms with van der Waals surface area (Å²) in [6.07, 6.45) is 1.63. The molecule has 0 spiro atoms. The zero-order valence-electron chi connectivity index (χ0n) is 9.41. The van der Waals surface area contributed by atoms with Crippen LogP contribution in [0.5, 0.6) is 5.75 Å². The van der Waals surface area contributed by atoms with Crippen LogP contribution in [0, 0.1) is 5.82 Å². The summed E-state index contributed by atoms with van der Waals surface area (Å²) in [5.74, 6) is -0.486. The van der Waals surface area contributed by atoms with Gasteiger partial charge in [0.25, 0.3) is 0 Å². The molecule has 1 unspecified atom stereocenters. The minimum absolute atomic E-state index is 0.0557. The number of aromatic hydroxyl groups is 1. The lowest BCUT2D eigenvalue weighted by atomic mass is 10.1. The first kappa shape index (κ1) is 12.9. The Hall–Kier alpha value is -1.13. The van der Waals surface area contributed by atoms with Gasteiger partial charge in [0, 0.05) is 25.3 Å². The Morgan fingerprint density at radius 3 is 2.75 bits per heavy atom. The smallest absolute Gasteiger partial charge is 0.127 e. The molecule has 0 saturated carbocycles. The number of aliphatic hydroxyl groups excluding tert-OH is 1. The molecule has 0 bridgehead atoms. The lowest BCUT2D eigenvalue weighted by molar-refractivity contribution is 0.276. The van der Waals surface area contributed by atoms with Gasteiger partial charge >= 0.3 is 0 Å². The predicted octanol–water partition coefficient (Wildman–Crippen LogP) is 1.78. The van der Waals surface area contributed by atoms with Crippen molar-refractivity contribution in [1.82, 2.24) is 5.32 Å². The fourth-order valence-corrected chi connectivity index (χ4v) is 1.53. The van der Waals surface area contributed by atoms with Crippen molar-refractivity contribution in [3.63, 3.8) is 0 Å². The molecular weight excluding hydrogens is 209 g/mol. The van der Waals surface area contributed by atoms with Gasteiger partial charge in [-0.15, -0.1) is 0 Å². The Morgan fingerprint density at radius 1 is 1.38 bits per heavy atom. The van der Waals surface area contributed by atoms with Crippen molar-refractivity contribution in [2.75, 3.05) is 6.61 Å². The van der Waals surface area contributed by atoms with Gasteiger partial charge in [0.2, 0.25) is 0 Å². The van der Waals surface area contributed by atoms with Crippen molar-refractivity contribution < 1.29 is 14.6 Å². The number of benzene rings is 1. The van der Waals surface area contributed by atoms with E-state index in [9.17, 15) is 9.50 Å². The molecule has 0 heterocycles. The number of nitrogens with one attached hydrogen (secondary N) is 1. The lowest BCUT2D eigenvalue weighted by Crippen LogP contribution is -2.25. The zero-order chi connectivity index (χ0) is 12.0. The van der Waals surface area contributed by atoms with E-state index in [0.717, 1.165) is 18.9 Å². The van der Waals surface area contributed by atoms with E-state index < -0.39 is 5.82 Å². The van der Waals surface area contributed by atoms with Gasteiger partial charge in [-0.05, 0) is 37.5 Å². The second-order valence-electron chi connectivity index (χ2n) is 3.97. The molecule has 4 heteroatoms. The first-order chi connectivity index (χ1) is 7.61. The minimum Gasteiger partial charge on any atom is -0.508 e. The third-order valence-corrected chi connectivity index (χ3v) is 2.39. The summed E-state index contributed by atoms with van der Waals surface area (Å²) in [6.45, 7) is 2.71. The number of rotatable bonds is 6. The van der Waals surface area contributed by atoms with Gasteiger partial charge < -0.3 is 15.5 Å². The summed E-state index contributed by atoms with van der Waals surface area (Å²) < 4.78 is 12.9. The first-order valence-corrected chi connectivity index (χ1v) is 5.44. The Balaban J connectivity index is 2.41. The molecule has 90 valence electrons. The van der Waals surface area contributed by atoms with E-state index in [1.807, 2.05) is 6.92 Å². The molecule has 0 saturated heterocycles. The van der Waals surface area contributed by atoms with Gasteiger partial charge in [-0.25, -0.2) is 4.39 Å². The van der Waals surface area contributed by atoms with Crippen molar-refractivity contribution in [3.05, 3.63) is 29.6 Å². The monoisotopic (exact) mass is 227 g/mol. The summed E-state index contributed by atoms with van der Waals surface area (Å²) in [5.41, 5.74) is 0.716. The molecule has 0 aliphatic rings. The Bertz CT molecular complexity index is 311. The molecule has 0 amide bonds. The maximum absolute atomic E-state index is 12.9. The largest absolute Gasteiger partial charge is 0.508 e. The van der Waals surface area contributed by atoms with E-state index >= 15 is 0 Å². The van der Waals surface area contributed by atoms with Crippen LogP contribution in [0.1, 0.15) is 25.3 Å². The van der Waals surface area contributed by atoms with E-state index in [-0.39, 0.29) is 18.4 Å². The summed E-state index contributed by atoms with van der Waals surface area (Å²) in [5, 5.41) is 21.1. The molecule has 3 nitrogen and oxygen atoms in total. The van der Waals surface area contributed by atoms with Gasteiger partial charge in [-0.3, -0.25) is 0 Å². The predicted molar refractivity (Wildman–Crippen MR) is 60.7 cm³/mol. The van der Waals surface area contributed by atoms with Gasteiger partial charge in [-0.1, -0.05) is 0 Å². The maximum Gasteiger partial charge on any atom is 0.127 e. The van der Waals surface area contributed by atoms with Crippen molar-refractivity contribution in [1.29, 1.82) is 0 Å². The van der Waals surface area contributed by atoms with Crippen LogP contribution in [0.4, 0.5) is 4.39 Å². The fourth-order valence-electron chi connectivity index (χ4n) is 1.53. The molecule has 1 rings (SSSR count). The van der Waals surface area contributed by atoms with Crippen LogP contribution in [0.25, 0.3) is 0 Å². The van der Waals surface area contributed by atoms with Gasteiger partial charge in [0.1, 0.15) is 11.6 Å². The average molecular weight is 227 g/mol. The highest BCUT2D eigenvalue weighted by atomic mass is 19.1. The van der Waals surface area contributed by atoms with Crippen molar-refractivity contribution in [3.8, 4) is 5.75 Å². The third-order valence-electron chi connectivity index (χ3n) is 2.39. The molecule has 1 aromatic rings. The van der Waals surface area contributed by atoms with E-state index in [0.29, 0.717) is 12.1 Å². The summed E-state index contributed by atoms with van der Waals surface area (Å²) in [4.78, 5) is 0. The Kier molecular flexibility index (Phi) is 5.22. The van der Waals surface area contributed by atoms with Crippen molar-refractivity contribution in [2.24, 2.45) is 0 Å². The topological polar surface area (TPSA) is 52.5 Å². The van der Waals surface area contributed by atoms with Crippen LogP contribution in [-0.2, 0) is 6.54 Å². The van der Waals surface area contributed by atoms with Crippen LogP contribution in [0.3, 0.4) is 0 Å². The van der Waals surface area contributed by atoms with E-state index in [1.54, 1.807) is 0 Å². The minimum atomic E-state index is -0.431. The van der Waals surface area contributed by atoms with E-state index in [1.165, 1.54) is 12.1 Å². The van der Waals surface area contributed by atoms with Gasteiger partial charge in [-0.2, -0.15) is 0 Å². The number of phenols is 1. The molecule has 0 fully saturated rings. The van der Waals surface area contributed by atoms with Crippen LogP contribution in [0.15, 0.2) is 18.2 Å². The summed E-state index contributed by atoms with van der Waals surface area (Å²) in [7, 11) is 0. The average Bonchev–Trinajstić information content (AvgIpc) is 2.22.